The molecule has 0 heterocycles. The molecule has 0 aromatic heterocycles. The molecule has 2 unspecified atom stereocenters. The van der Waals surface area contributed by atoms with Crippen LogP contribution in [0.2, 0.25) is 0 Å². The normalized spacial score (nSPS) is 15.1. The van der Waals surface area contributed by atoms with Crippen molar-refractivity contribution < 1.29 is 0 Å². The molecule has 246 valence electrons. The number of unbranched alkanes of at least 4 members (excludes halogenated alkanes) is 16. The molecule has 1 aliphatic carbocycles. The van der Waals surface area contributed by atoms with Crippen LogP contribution in [0.5, 0.6) is 0 Å². The predicted molar refractivity (Wildman–Crippen MR) is 200 cm³/mol. The highest BCUT2D eigenvalue weighted by Gasteiger charge is 2.27. The summed E-state index contributed by atoms with van der Waals surface area (Å²) in [6.07, 6.45) is 35.8. The van der Waals surface area contributed by atoms with Crippen molar-refractivity contribution in [3.05, 3.63) is 64.7 Å². The van der Waals surface area contributed by atoms with Gasteiger partial charge in [-0.05, 0) is 78.8 Å². The molecule has 0 spiro atoms. The van der Waals surface area contributed by atoms with Crippen LogP contribution in [0.25, 0.3) is 16.8 Å². The molecule has 44 heavy (non-hydrogen) atoms. The van der Waals surface area contributed by atoms with Gasteiger partial charge in [0.2, 0.25) is 0 Å². The molecule has 0 saturated carbocycles. The molecule has 0 heteroatoms. The van der Waals surface area contributed by atoms with E-state index in [1.54, 1.807) is 11.1 Å². The molecule has 0 fully saturated rings. The molecule has 0 N–H and O–H groups in total. The maximum absolute atomic E-state index is 4.47. The standard InChI is InChI=1S/C44H70/c1-6-8-10-11-12-13-14-15-16-17-19-22-27-36(3)33-37(4)28-23-20-18-21-24-31-42-40(29-9-7-2)35-43-38(5)34-39-30-25-26-32-41(39)44(42)43/h25-26,30,32,34-36,42H,4,6-24,27-29,31,33H2,1-3,5H3. The zero-order valence-electron chi connectivity index (χ0n) is 29.8. The van der Waals surface area contributed by atoms with Crippen molar-refractivity contribution >= 4 is 16.8 Å². The van der Waals surface area contributed by atoms with Gasteiger partial charge < -0.3 is 0 Å². The first-order valence-electron chi connectivity index (χ1n) is 19.4. The van der Waals surface area contributed by atoms with E-state index >= 15 is 0 Å². The van der Waals surface area contributed by atoms with Crippen LogP contribution < -0.4 is 0 Å². The van der Waals surface area contributed by atoms with Gasteiger partial charge in [0.15, 0.2) is 0 Å². The van der Waals surface area contributed by atoms with Crippen LogP contribution in [0.1, 0.15) is 197 Å². The van der Waals surface area contributed by atoms with E-state index in [0.717, 1.165) is 5.92 Å². The van der Waals surface area contributed by atoms with E-state index < -0.39 is 0 Å². The Morgan fingerprint density at radius 2 is 1.32 bits per heavy atom. The van der Waals surface area contributed by atoms with Gasteiger partial charge in [-0.2, -0.15) is 0 Å². The molecular formula is C44H70. The highest BCUT2D eigenvalue weighted by Crippen LogP contribution is 2.46. The van der Waals surface area contributed by atoms with Crippen molar-refractivity contribution in [2.75, 3.05) is 0 Å². The number of hydrogen-bond acceptors (Lipinski definition) is 0. The summed E-state index contributed by atoms with van der Waals surface area (Å²) in [5, 5.41) is 2.91. The Labute approximate surface area is 274 Å². The second kappa shape index (κ2) is 21.8. The molecule has 0 bridgehead atoms. The van der Waals surface area contributed by atoms with E-state index in [1.807, 2.05) is 0 Å². The number of benzene rings is 2. The first-order valence-corrected chi connectivity index (χ1v) is 19.4. The van der Waals surface area contributed by atoms with Gasteiger partial charge in [-0.3, -0.25) is 0 Å². The minimum absolute atomic E-state index is 0.632. The molecule has 0 aliphatic heterocycles. The van der Waals surface area contributed by atoms with E-state index in [1.165, 1.54) is 182 Å². The van der Waals surface area contributed by atoms with E-state index in [2.05, 4.69) is 70.7 Å². The van der Waals surface area contributed by atoms with Gasteiger partial charge in [0.1, 0.15) is 0 Å². The molecule has 0 nitrogen and oxygen atoms in total. The Morgan fingerprint density at radius 1 is 0.727 bits per heavy atom. The summed E-state index contributed by atoms with van der Waals surface area (Å²) >= 11 is 0. The lowest BCUT2D eigenvalue weighted by Gasteiger charge is -2.20. The maximum atomic E-state index is 4.47. The van der Waals surface area contributed by atoms with E-state index in [9.17, 15) is 0 Å². The lowest BCUT2D eigenvalue weighted by atomic mass is 9.84. The number of rotatable bonds is 26. The highest BCUT2D eigenvalue weighted by atomic mass is 14.3. The average molecular weight is 599 g/mol. The molecule has 1 aliphatic rings. The van der Waals surface area contributed by atoms with Crippen molar-refractivity contribution in [3.63, 3.8) is 0 Å². The predicted octanol–water partition coefficient (Wildman–Crippen LogP) is 15.2. The summed E-state index contributed by atoms with van der Waals surface area (Å²) in [7, 11) is 0. The third-order valence-corrected chi connectivity index (χ3v) is 10.5. The van der Waals surface area contributed by atoms with Crippen LogP contribution in [0.4, 0.5) is 0 Å². The van der Waals surface area contributed by atoms with Crippen LogP contribution in [-0.4, -0.2) is 0 Å². The zero-order valence-corrected chi connectivity index (χ0v) is 29.8. The number of allylic oxidation sites excluding steroid dienone is 2. The van der Waals surface area contributed by atoms with Crippen LogP contribution in [0.3, 0.4) is 0 Å². The topological polar surface area (TPSA) is 0 Å². The first kappa shape index (κ1) is 36.6. The minimum atomic E-state index is 0.632. The van der Waals surface area contributed by atoms with Crippen molar-refractivity contribution in [1.82, 2.24) is 0 Å². The molecular weight excluding hydrogens is 528 g/mol. The second-order valence-electron chi connectivity index (χ2n) is 14.7. The van der Waals surface area contributed by atoms with E-state index in [4.69, 9.17) is 0 Å². The van der Waals surface area contributed by atoms with Crippen LogP contribution in [-0.2, 0) is 0 Å². The Balaban J connectivity index is 1.24. The Kier molecular flexibility index (Phi) is 18.2. The summed E-state index contributed by atoms with van der Waals surface area (Å²) in [6.45, 7) is 13.9. The van der Waals surface area contributed by atoms with Gasteiger partial charge in [-0.25, -0.2) is 0 Å². The smallest absolute Gasteiger partial charge is 0.00636 e. The summed E-state index contributed by atoms with van der Waals surface area (Å²) in [6, 6.07) is 11.5. The summed E-state index contributed by atoms with van der Waals surface area (Å²) in [5.41, 5.74) is 7.84. The van der Waals surface area contributed by atoms with Crippen molar-refractivity contribution in [2.24, 2.45) is 5.92 Å². The average Bonchev–Trinajstić information content (AvgIpc) is 3.39. The molecule has 3 rings (SSSR count). The lowest BCUT2D eigenvalue weighted by molar-refractivity contribution is 0.469. The monoisotopic (exact) mass is 599 g/mol. The Morgan fingerprint density at radius 3 is 2.00 bits per heavy atom. The number of hydrogen-bond donors (Lipinski definition) is 0. The summed E-state index contributed by atoms with van der Waals surface area (Å²) < 4.78 is 0. The highest BCUT2D eigenvalue weighted by molar-refractivity contribution is 5.93. The molecule has 2 aromatic carbocycles. The SMILES string of the molecule is C=C(CCCCCCCC1C(CCCC)=Cc2c(C)cc3ccccc3c21)CC(C)CCCCCCCCCCCCCC. The van der Waals surface area contributed by atoms with Crippen LogP contribution in [0, 0.1) is 12.8 Å². The Bertz CT molecular complexity index is 1100. The quantitative estimate of drug-likeness (QED) is 0.0746. The van der Waals surface area contributed by atoms with Gasteiger partial charge in [0.25, 0.3) is 0 Å². The van der Waals surface area contributed by atoms with Gasteiger partial charge in [-0.1, -0.05) is 190 Å². The van der Waals surface area contributed by atoms with Crippen molar-refractivity contribution in [2.45, 2.75) is 188 Å². The second-order valence-corrected chi connectivity index (χ2v) is 14.7. The first-order chi connectivity index (χ1) is 21.5. The minimum Gasteiger partial charge on any atom is -0.0999 e. The summed E-state index contributed by atoms with van der Waals surface area (Å²) in [5.74, 6) is 1.45. The molecule has 2 aromatic rings. The fourth-order valence-electron chi connectivity index (χ4n) is 7.82. The third-order valence-electron chi connectivity index (χ3n) is 10.5. The van der Waals surface area contributed by atoms with Crippen LogP contribution >= 0.6 is 0 Å². The molecule has 0 amide bonds. The van der Waals surface area contributed by atoms with Crippen LogP contribution in [0.15, 0.2) is 48.1 Å². The number of aryl methyl sites for hydroxylation is 1. The summed E-state index contributed by atoms with van der Waals surface area (Å²) in [4.78, 5) is 0. The fraction of sp³-hybridized carbons (Fsp3) is 0.682. The third kappa shape index (κ3) is 12.9. The van der Waals surface area contributed by atoms with Gasteiger partial charge in [0.05, 0.1) is 0 Å². The Hall–Kier alpha value is -1.82. The van der Waals surface area contributed by atoms with E-state index in [0.29, 0.717) is 5.92 Å². The lowest BCUT2D eigenvalue weighted by Crippen LogP contribution is -2.02. The largest absolute Gasteiger partial charge is 0.0999 e. The van der Waals surface area contributed by atoms with Gasteiger partial charge in [-0.15, -0.1) is 0 Å². The van der Waals surface area contributed by atoms with Crippen molar-refractivity contribution in [3.8, 4) is 0 Å². The fourth-order valence-corrected chi connectivity index (χ4v) is 7.82. The zero-order chi connectivity index (χ0) is 31.4. The van der Waals surface area contributed by atoms with Crippen molar-refractivity contribution in [1.29, 1.82) is 0 Å². The molecule has 2 atom stereocenters. The number of fused-ring (bicyclic) bond motifs is 3. The molecule has 0 saturated heterocycles. The van der Waals surface area contributed by atoms with Gasteiger partial charge >= 0.3 is 0 Å². The maximum Gasteiger partial charge on any atom is 0.00636 e. The van der Waals surface area contributed by atoms with E-state index in [-0.39, 0.29) is 0 Å². The van der Waals surface area contributed by atoms with Gasteiger partial charge in [0, 0.05) is 5.92 Å². The molecule has 0 radical (unpaired) electrons.